The van der Waals surface area contributed by atoms with Gasteiger partial charge in [-0.2, -0.15) is 0 Å². The van der Waals surface area contributed by atoms with Crippen LogP contribution < -0.4 is 10.2 Å². The maximum absolute atomic E-state index is 12.2. The van der Waals surface area contributed by atoms with E-state index in [0.717, 1.165) is 10.5 Å². The molecule has 3 rings (SSSR count). The van der Waals surface area contributed by atoms with E-state index in [9.17, 15) is 19.2 Å². The summed E-state index contributed by atoms with van der Waals surface area (Å²) in [5, 5.41) is 2.67. The van der Waals surface area contributed by atoms with Crippen LogP contribution in [-0.4, -0.2) is 30.3 Å². The smallest absolute Gasteiger partial charge is 0.338 e. The molecule has 2 aromatic carbocycles. The van der Waals surface area contributed by atoms with Gasteiger partial charge in [-0.05, 0) is 36.8 Å². The lowest BCUT2D eigenvalue weighted by Crippen LogP contribution is -2.28. The van der Waals surface area contributed by atoms with Crippen molar-refractivity contribution < 1.29 is 23.9 Å². The number of rotatable bonds is 5. The van der Waals surface area contributed by atoms with Gasteiger partial charge in [0, 0.05) is 18.5 Å². The molecule has 0 atom stereocenters. The largest absolute Gasteiger partial charge is 0.452 e. The van der Waals surface area contributed by atoms with Gasteiger partial charge in [0.15, 0.2) is 6.61 Å². The van der Waals surface area contributed by atoms with E-state index in [-0.39, 0.29) is 30.2 Å². The third-order valence-corrected chi connectivity index (χ3v) is 4.15. The fourth-order valence-corrected chi connectivity index (χ4v) is 2.75. The van der Waals surface area contributed by atoms with Gasteiger partial charge < -0.3 is 10.1 Å². The standard InChI is InChI=1S/C20H18N2O5/c1-13-5-2-3-8-16(13)21-17(23)12-27-20(26)14-6-4-7-15(11-14)22-18(24)9-10-19(22)25/h2-8,11H,9-10,12H2,1H3,(H,21,23). The minimum atomic E-state index is -0.712. The molecule has 1 aliphatic heterocycles. The number of amides is 3. The number of hydrogen-bond donors (Lipinski definition) is 1. The van der Waals surface area contributed by atoms with E-state index in [0.29, 0.717) is 11.4 Å². The first kappa shape index (κ1) is 18.3. The molecule has 0 aliphatic carbocycles. The first-order valence-corrected chi connectivity index (χ1v) is 8.44. The quantitative estimate of drug-likeness (QED) is 0.648. The summed E-state index contributed by atoms with van der Waals surface area (Å²) in [5.74, 6) is -1.78. The Bertz CT molecular complexity index is 906. The molecule has 1 N–H and O–H groups in total. The minimum Gasteiger partial charge on any atom is -0.452 e. The average Bonchev–Trinajstić information content (AvgIpc) is 3.00. The molecule has 27 heavy (non-hydrogen) atoms. The number of nitrogens with one attached hydrogen (secondary N) is 1. The summed E-state index contributed by atoms with van der Waals surface area (Å²) in [5.41, 5.74) is 2.02. The van der Waals surface area contributed by atoms with Crippen LogP contribution in [0, 0.1) is 6.92 Å². The number of esters is 1. The number of aryl methyl sites for hydroxylation is 1. The predicted octanol–water partition coefficient (Wildman–Crippen LogP) is 2.44. The van der Waals surface area contributed by atoms with Crippen molar-refractivity contribution in [1.82, 2.24) is 0 Å². The molecule has 1 saturated heterocycles. The Morgan fingerprint density at radius 1 is 1.04 bits per heavy atom. The molecule has 0 saturated carbocycles. The summed E-state index contributed by atoms with van der Waals surface area (Å²) in [6.45, 7) is 1.41. The van der Waals surface area contributed by atoms with Crippen molar-refractivity contribution in [2.45, 2.75) is 19.8 Å². The Morgan fingerprint density at radius 3 is 2.44 bits per heavy atom. The second-order valence-electron chi connectivity index (χ2n) is 6.11. The van der Waals surface area contributed by atoms with E-state index in [1.165, 1.54) is 12.1 Å². The van der Waals surface area contributed by atoms with Gasteiger partial charge in [0.2, 0.25) is 11.8 Å². The number of carbonyl (C=O) groups is 4. The number of anilines is 2. The van der Waals surface area contributed by atoms with Gasteiger partial charge in [-0.3, -0.25) is 19.3 Å². The number of carbonyl (C=O) groups excluding carboxylic acids is 4. The molecule has 0 bridgehead atoms. The Kier molecular flexibility index (Phi) is 5.30. The summed E-state index contributed by atoms with van der Waals surface area (Å²) in [7, 11) is 0. The molecule has 0 radical (unpaired) electrons. The highest BCUT2D eigenvalue weighted by atomic mass is 16.5. The Hall–Kier alpha value is -3.48. The molecule has 0 spiro atoms. The fraction of sp³-hybridized carbons (Fsp3) is 0.200. The van der Waals surface area contributed by atoms with Crippen LogP contribution in [0.4, 0.5) is 11.4 Å². The van der Waals surface area contributed by atoms with Gasteiger partial charge in [0.05, 0.1) is 11.3 Å². The van der Waals surface area contributed by atoms with Crippen molar-refractivity contribution in [3.8, 4) is 0 Å². The number of hydrogen-bond acceptors (Lipinski definition) is 5. The van der Waals surface area contributed by atoms with Crippen LogP contribution in [0.5, 0.6) is 0 Å². The first-order valence-electron chi connectivity index (χ1n) is 8.44. The average molecular weight is 366 g/mol. The van der Waals surface area contributed by atoms with Crippen LogP contribution in [0.25, 0.3) is 0 Å². The molecule has 7 heteroatoms. The topological polar surface area (TPSA) is 92.8 Å². The van der Waals surface area contributed by atoms with Crippen LogP contribution >= 0.6 is 0 Å². The number of nitrogens with zero attached hydrogens (tertiary/aromatic N) is 1. The monoisotopic (exact) mass is 366 g/mol. The highest BCUT2D eigenvalue weighted by Crippen LogP contribution is 2.23. The number of benzene rings is 2. The molecule has 2 aromatic rings. The summed E-state index contributed by atoms with van der Waals surface area (Å²) in [6.07, 6.45) is 0.319. The van der Waals surface area contributed by atoms with Gasteiger partial charge in [-0.15, -0.1) is 0 Å². The van der Waals surface area contributed by atoms with Crippen LogP contribution in [0.15, 0.2) is 48.5 Å². The molecule has 138 valence electrons. The van der Waals surface area contributed by atoms with Crippen LogP contribution in [0.2, 0.25) is 0 Å². The summed E-state index contributed by atoms with van der Waals surface area (Å²) in [4.78, 5) is 48.9. The van der Waals surface area contributed by atoms with Crippen LogP contribution in [0.1, 0.15) is 28.8 Å². The number of imide groups is 1. The molecule has 0 unspecified atom stereocenters. The van der Waals surface area contributed by atoms with E-state index in [1.54, 1.807) is 24.3 Å². The molecule has 3 amide bonds. The minimum absolute atomic E-state index is 0.156. The van der Waals surface area contributed by atoms with E-state index < -0.39 is 18.5 Å². The Labute approximate surface area is 155 Å². The van der Waals surface area contributed by atoms with Gasteiger partial charge in [-0.1, -0.05) is 24.3 Å². The van der Waals surface area contributed by atoms with Crippen molar-refractivity contribution in [3.63, 3.8) is 0 Å². The predicted molar refractivity (Wildman–Crippen MR) is 98.3 cm³/mol. The lowest BCUT2D eigenvalue weighted by Gasteiger charge is -2.14. The van der Waals surface area contributed by atoms with Crippen LogP contribution in [-0.2, 0) is 19.1 Å². The lowest BCUT2D eigenvalue weighted by molar-refractivity contribution is -0.121. The van der Waals surface area contributed by atoms with Gasteiger partial charge in [0.25, 0.3) is 5.91 Å². The molecular weight excluding hydrogens is 348 g/mol. The number of para-hydroxylation sites is 1. The van der Waals surface area contributed by atoms with Gasteiger partial charge in [0.1, 0.15) is 0 Å². The zero-order valence-electron chi connectivity index (χ0n) is 14.7. The SMILES string of the molecule is Cc1ccccc1NC(=O)COC(=O)c1cccc(N2C(=O)CCC2=O)c1. The molecule has 1 aliphatic rings. The third-order valence-electron chi connectivity index (χ3n) is 4.15. The maximum atomic E-state index is 12.2. The van der Waals surface area contributed by atoms with Gasteiger partial charge in [-0.25, -0.2) is 4.79 Å². The maximum Gasteiger partial charge on any atom is 0.338 e. The van der Waals surface area contributed by atoms with Crippen molar-refractivity contribution in [3.05, 3.63) is 59.7 Å². The first-order chi connectivity index (χ1) is 13.0. The zero-order valence-corrected chi connectivity index (χ0v) is 14.7. The fourth-order valence-electron chi connectivity index (χ4n) is 2.75. The molecule has 0 aromatic heterocycles. The molecule has 7 nitrogen and oxygen atoms in total. The Morgan fingerprint density at radius 2 is 1.74 bits per heavy atom. The van der Waals surface area contributed by atoms with Gasteiger partial charge >= 0.3 is 5.97 Å². The van der Waals surface area contributed by atoms with E-state index in [2.05, 4.69) is 5.32 Å². The highest BCUT2D eigenvalue weighted by molar-refractivity contribution is 6.20. The van der Waals surface area contributed by atoms with E-state index >= 15 is 0 Å². The van der Waals surface area contributed by atoms with Crippen molar-refractivity contribution >= 4 is 35.1 Å². The summed E-state index contributed by atoms with van der Waals surface area (Å²) in [6, 6.07) is 13.3. The van der Waals surface area contributed by atoms with E-state index in [4.69, 9.17) is 4.74 Å². The number of ether oxygens (including phenoxy) is 1. The second kappa shape index (κ2) is 7.82. The van der Waals surface area contributed by atoms with Crippen molar-refractivity contribution in [2.75, 3.05) is 16.8 Å². The molecule has 1 fully saturated rings. The Balaban J connectivity index is 1.62. The molecular formula is C20H18N2O5. The van der Waals surface area contributed by atoms with E-state index in [1.807, 2.05) is 19.1 Å². The van der Waals surface area contributed by atoms with Crippen molar-refractivity contribution in [1.29, 1.82) is 0 Å². The summed E-state index contributed by atoms with van der Waals surface area (Å²) < 4.78 is 5.03. The summed E-state index contributed by atoms with van der Waals surface area (Å²) >= 11 is 0. The molecule has 1 heterocycles. The second-order valence-corrected chi connectivity index (χ2v) is 6.11. The highest BCUT2D eigenvalue weighted by Gasteiger charge is 2.30. The van der Waals surface area contributed by atoms with Crippen molar-refractivity contribution in [2.24, 2.45) is 0 Å². The zero-order chi connectivity index (χ0) is 19.4. The normalized spacial score (nSPS) is 13.6. The van der Waals surface area contributed by atoms with Crippen LogP contribution in [0.3, 0.4) is 0 Å². The third kappa shape index (κ3) is 4.20. The lowest BCUT2D eigenvalue weighted by atomic mass is 10.2.